The van der Waals surface area contributed by atoms with Gasteiger partial charge in [-0.2, -0.15) is 0 Å². The summed E-state index contributed by atoms with van der Waals surface area (Å²) < 4.78 is 1.16. The summed E-state index contributed by atoms with van der Waals surface area (Å²) in [6, 6.07) is 6.89. The Balaban J connectivity index is 1.87. The van der Waals surface area contributed by atoms with E-state index in [9.17, 15) is 5.11 Å². The second kappa shape index (κ2) is 4.86. The van der Waals surface area contributed by atoms with Gasteiger partial charge in [-0.25, -0.2) is 0 Å². The van der Waals surface area contributed by atoms with Gasteiger partial charge in [-0.1, -0.05) is 25.5 Å². The van der Waals surface area contributed by atoms with Crippen molar-refractivity contribution in [3.63, 3.8) is 0 Å². The van der Waals surface area contributed by atoms with Crippen LogP contribution in [0.4, 0.5) is 0 Å². The summed E-state index contributed by atoms with van der Waals surface area (Å²) in [5.41, 5.74) is 3.32. The molecule has 1 aromatic rings. The topological polar surface area (TPSA) is 20.2 Å². The van der Waals surface area contributed by atoms with Crippen LogP contribution in [0.3, 0.4) is 0 Å². The van der Waals surface area contributed by atoms with E-state index < -0.39 is 0 Å². The van der Waals surface area contributed by atoms with Crippen molar-refractivity contribution in [1.29, 1.82) is 0 Å². The zero-order chi connectivity index (χ0) is 15.4. The molecule has 0 spiro atoms. The lowest BCUT2D eigenvalue weighted by atomic mass is 9.52. The minimum absolute atomic E-state index is 0.341. The highest BCUT2D eigenvalue weighted by molar-refractivity contribution is 5.44. The second-order valence-electron chi connectivity index (χ2n) is 8.05. The molecule has 118 valence electrons. The third-order valence-electron chi connectivity index (χ3n) is 7.04. The van der Waals surface area contributed by atoms with Crippen molar-refractivity contribution in [2.24, 2.45) is 5.92 Å². The quantitative estimate of drug-likeness (QED) is 0.651. The molecule has 0 amide bonds. The molecule has 1 aromatic carbocycles. The van der Waals surface area contributed by atoms with Gasteiger partial charge in [0.25, 0.3) is 0 Å². The number of nitrogens with zero attached hydrogens (tertiary/aromatic N) is 1. The lowest BCUT2D eigenvalue weighted by molar-refractivity contribution is -0.940. The van der Waals surface area contributed by atoms with Gasteiger partial charge >= 0.3 is 0 Å². The zero-order valence-corrected chi connectivity index (χ0v) is 13.7. The summed E-state index contributed by atoms with van der Waals surface area (Å²) in [5.74, 6) is 1.24. The van der Waals surface area contributed by atoms with E-state index in [0.29, 0.717) is 11.2 Å². The number of benzene rings is 1. The van der Waals surface area contributed by atoms with E-state index in [2.05, 4.69) is 31.8 Å². The molecule has 2 aliphatic carbocycles. The number of phenols is 1. The summed E-state index contributed by atoms with van der Waals surface area (Å²) >= 11 is 0. The number of likely N-dealkylation sites (N-methyl/N-ethyl adjacent to an activating group) is 1. The number of rotatable bonds is 2. The molecule has 4 atom stereocenters. The number of likely N-dealkylation sites (tertiary alicyclic amines) is 1. The van der Waals surface area contributed by atoms with Crippen molar-refractivity contribution in [1.82, 2.24) is 0 Å². The average Bonchev–Trinajstić information content (AvgIpc) is 2.52. The molecule has 1 heterocycles. The van der Waals surface area contributed by atoms with E-state index in [0.717, 1.165) is 23.0 Å². The fourth-order valence-electron chi connectivity index (χ4n) is 5.98. The first-order valence-electron chi connectivity index (χ1n) is 8.87. The van der Waals surface area contributed by atoms with Crippen LogP contribution >= 0.6 is 0 Å². The molecule has 0 radical (unpaired) electrons. The van der Waals surface area contributed by atoms with Crippen LogP contribution in [-0.2, 0) is 11.8 Å². The molecular formula is C20H28NO+. The van der Waals surface area contributed by atoms with Crippen molar-refractivity contribution in [2.45, 2.75) is 50.0 Å². The van der Waals surface area contributed by atoms with Gasteiger partial charge in [-0.05, 0) is 42.2 Å². The maximum atomic E-state index is 10.0. The van der Waals surface area contributed by atoms with E-state index >= 15 is 0 Å². The predicted octanol–water partition coefficient (Wildman–Crippen LogP) is 3.78. The highest BCUT2D eigenvalue weighted by Gasteiger charge is 2.58. The molecule has 2 fully saturated rings. The van der Waals surface area contributed by atoms with Gasteiger partial charge in [0.05, 0.1) is 26.2 Å². The van der Waals surface area contributed by atoms with Crippen LogP contribution in [0.15, 0.2) is 30.9 Å². The largest absolute Gasteiger partial charge is 0.508 e. The molecule has 2 heteroatoms. The van der Waals surface area contributed by atoms with E-state index in [1.807, 2.05) is 6.07 Å². The van der Waals surface area contributed by atoms with Gasteiger partial charge < -0.3 is 9.59 Å². The lowest BCUT2D eigenvalue weighted by Crippen LogP contribution is -2.68. The molecule has 22 heavy (non-hydrogen) atoms. The molecule has 1 saturated carbocycles. The van der Waals surface area contributed by atoms with E-state index in [-0.39, 0.29) is 0 Å². The summed E-state index contributed by atoms with van der Waals surface area (Å²) in [5, 5.41) is 10.0. The molecule has 1 aliphatic heterocycles. The third kappa shape index (κ3) is 1.83. The van der Waals surface area contributed by atoms with Crippen LogP contribution < -0.4 is 0 Å². The Bertz CT molecular complexity index is 610. The van der Waals surface area contributed by atoms with Gasteiger partial charge in [-0.3, -0.25) is 0 Å². The Kier molecular flexibility index (Phi) is 3.16. The fraction of sp³-hybridized carbons (Fsp3) is 0.600. The third-order valence-corrected chi connectivity index (χ3v) is 7.04. The van der Waals surface area contributed by atoms with Gasteiger partial charge in [0.2, 0.25) is 0 Å². The van der Waals surface area contributed by atoms with Crippen molar-refractivity contribution < 1.29 is 9.59 Å². The van der Waals surface area contributed by atoms with Gasteiger partial charge in [0.1, 0.15) is 5.75 Å². The molecule has 3 aliphatic rings. The summed E-state index contributed by atoms with van der Waals surface area (Å²) in [6.07, 6.45) is 9.97. The Morgan fingerprint density at radius 1 is 1.36 bits per heavy atom. The maximum absolute atomic E-state index is 10.0. The Morgan fingerprint density at radius 2 is 2.23 bits per heavy atom. The monoisotopic (exact) mass is 298 g/mol. The number of hydrogen-bond donors (Lipinski definition) is 1. The van der Waals surface area contributed by atoms with Crippen LogP contribution in [0.5, 0.6) is 5.75 Å². The predicted molar refractivity (Wildman–Crippen MR) is 90.0 cm³/mol. The highest BCUT2D eigenvalue weighted by Crippen LogP contribution is 2.57. The number of piperidine rings is 1. The maximum Gasteiger partial charge on any atom is 0.115 e. The first-order valence-corrected chi connectivity index (χ1v) is 8.87. The van der Waals surface area contributed by atoms with Gasteiger partial charge in [0, 0.05) is 24.2 Å². The molecule has 1 saturated heterocycles. The van der Waals surface area contributed by atoms with Gasteiger partial charge in [0.15, 0.2) is 0 Å². The number of phenolic OH excluding ortho intramolecular Hbond substituents is 1. The van der Waals surface area contributed by atoms with Crippen molar-refractivity contribution >= 4 is 0 Å². The Labute approximate surface area is 134 Å². The van der Waals surface area contributed by atoms with E-state index in [4.69, 9.17) is 0 Å². The van der Waals surface area contributed by atoms with Crippen LogP contribution in [0, 0.1) is 5.92 Å². The normalized spacial score (nSPS) is 39.7. The van der Waals surface area contributed by atoms with Gasteiger partial charge in [-0.15, -0.1) is 0 Å². The summed E-state index contributed by atoms with van der Waals surface area (Å²) in [7, 11) is 2.44. The van der Waals surface area contributed by atoms with E-state index in [1.165, 1.54) is 56.2 Å². The molecule has 1 unspecified atom stereocenters. The van der Waals surface area contributed by atoms with Crippen LogP contribution in [0.2, 0.25) is 0 Å². The molecule has 4 rings (SSSR count). The Hall–Kier alpha value is -1.28. The minimum atomic E-state index is 0.341. The fourth-order valence-corrected chi connectivity index (χ4v) is 5.98. The van der Waals surface area contributed by atoms with E-state index in [1.54, 1.807) is 0 Å². The molecule has 0 aromatic heterocycles. The zero-order valence-electron chi connectivity index (χ0n) is 13.7. The lowest BCUT2D eigenvalue weighted by Gasteiger charge is -2.61. The highest BCUT2D eigenvalue weighted by atomic mass is 16.3. The average molecular weight is 298 g/mol. The number of aromatic hydroxyl groups is 1. The van der Waals surface area contributed by atoms with Crippen molar-refractivity contribution in [3.05, 3.63) is 42.0 Å². The summed E-state index contributed by atoms with van der Waals surface area (Å²) in [6.45, 7) is 6.36. The number of hydrogen-bond acceptors (Lipinski definition) is 1. The molecule has 2 bridgehead atoms. The number of fused-ring (bicyclic) bond motifs is 1. The van der Waals surface area contributed by atoms with Crippen molar-refractivity contribution in [3.8, 4) is 5.75 Å². The van der Waals surface area contributed by atoms with Crippen LogP contribution in [0.25, 0.3) is 0 Å². The standard InChI is InChI=1S/C20H27NO/c1-3-11-21(2)12-10-20-9-5-4-6-17(20)19(21)13-15-7-8-16(22)14-18(15)20/h3,7-8,14,17,19H,1,4-6,9-13H2,2H3/p+1/t17-,19+,20+,21?/m0/s1. The van der Waals surface area contributed by atoms with Crippen LogP contribution in [0.1, 0.15) is 43.2 Å². The second-order valence-corrected chi connectivity index (χ2v) is 8.05. The first kappa shape index (κ1) is 14.3. The molecule has 2 nitrogen and oxygen atoms in total. The molecular weight excluding hydrogens is 270 g/mol. The molecule has 1 N–H and O–H groups in total. The smallest absolute Gasteiger partial charge is 0.115 e. The number of quaternary nitrogens is 1. The summed E-state index contributed by atoms with van der Waals surface area (Å²) in [4.78, 5) is 0. The van der Waals surface area contributed by atoms with Crippen LogP contribution in [-0.4, -0.2) is 35.8 Å². The minimum Gasteiger partial charge on any atom is -0.508 e. The first-order chi connectivity index (χ1) is 10.6. The van der Waals surface area contributed by atoms with Crippen molar-refractivity contribution in [2.75, 3.05) is 20.1 Å². The SMILES string of the molecule is C=CC[N+]1(C)CC[C@]23CCCC[C@H]2[C@H]1Cc1ccc(O)cc13. The Morgan fingerprint density at radius 3 is 3.05 bits per heavy atom.